The van der Waals surface area contributed by atoms with Gasteiger partial charge >= 0.3 is 12.1 Å². The summed E-state index contributed by atoms with van der Waals surface area (Å²) < 4.78 is 38.1. The molecule has 34 heavy (non-hydrogen) atoms. The van der Waals surface area contributed by atoms with Crippen molar-refractivity contribution in [1.82, 2.24) is 20.3 Å². The maximum absolute atomic E-state index is 12.7. The highest BCUT2D eigenvalue weighted by Crippen LogP contribution is 2.37. The van der Waals surface area contributed by atoms with Crippen molar-refractivity contribution in [3.63, 3.8) is 0 Å². The summed E-state index contributed by atoms with van der Waals surface area (Å²) in [5.74, 6) is -1.74. The number of aliphatic carboxylic acids is 1. The highest BCUT2D eigenvalue weighted by Gasteiger charge is 2.37. The first-order valence-electron chi connectivity index (χ1n) is 11.3. The molecule has 11 heteroatoms. The van der Waals surface area contributed by atoms with E-state index in [1.807, 2.05) is 0 Å². The molecule has 0 spiro atoms. The number of pyridine rings is 1. The van der Waals surface area contributed by atoms with E-state index in [4.69, 9.17) is 10.1 Å². The molecule has 182 valence electrons. The molecule has 1 fully saturated rings. The lowest BCUT2D eigenvalue weighted by molar-refractivity contribution is -0.145. The van der Waals surface area contributed by atoms with E-state index in [2.05, 4.69) is 32.7 Å². The number of carbonyl (C=O) groups is 2. The van der Waals surface area contributed by atoms with Crippen LogP contribution in [0.4, 0.5) is 19.0 Å². The third-order valence-electron chi connectivity index (χ3n) is 6.39. The Morgan fingerprint density at radius 3 is 2.62 bits per heavy atom. The molecule has 8 nitrogen and oxygen atoms in total. The van der Waals surface area contributed by atoms with Gasteiger partial charge in [-0.25, -0.2) is 15.0 Å². The molecule has 1 atom stereocenters. The minimum Gasteiger partial charge on any atom is -0.481 e. The second kappa shape index (κ2) is 9.94. The van der Waals surface area contributed by atoms with Gasteiger partial charge in [0, 0.05) is 36.1 Å². The number of anilines is 1. The Labute approximate surface area is 194 Å². The van der Waals surface area contributed by atoms with Crippen molar-refractivity contribution >= 4 is 17.7 Å². The number of rotatable bonds is 8. The number of alkyl halides is 3. The molecule has 1 aliphatic carbocycles. The average molecular weight is 477 g/mol. The maximum Gasteiger partial charge on any atom is 0.451 e. The zero-order valence-corrected chi connectivity index (χ0v) is 18.4. The first-order chi connectivity index (χ1) is 16.2. The van der Waals surface area contributed by atoms with E-state index in [1.54, 1.807) is 0 Å². The fourth-order valence-corrected chi connectivity index (χ4v) is 4.43. The molecule has 1 amide bonds. The van der Waals surface area contributed by atoms with Crippen LogP contribution in [0.25, 0.3) is 0 Å². The SMILES string of the molecule is O=C(O)C[C@H](NC(=O)C1CC(CCc2ccc3c(n2)NCCC3)C1)c1cnc(C(F)(F)F)nc1. The first kappa shape index (κ1) is 23.9. The molecule has 2 aromatic heterocycles. The molecule has 3 N–H and O–H groups in total. The number of carboxylic acid groups (broad SMARTS) is 1. The Balaban J connectivity index is 1.28. The second-order valence-corrected chi connectivity index (χ2v) is 8.91. The van der Waals surface area contributed by atoms with Crippen LogP contribution in [0.1, 0.15) is 60.8 Å². The zero-order valence-electron chi connectivity index (χ0n) is 18.4. The van der Waals surface area contributed by atoms with Crippen LogP contribution >= 0.6 is 0 Å². The molecule has 1 saturated carbocycles. The molecule has 0 radical (unpaired) electrons. The zero-order chi connectivity index (χ0) is 24.3. The van der Waals surface area contributed by atoms with Gasteiger partial charge in [-0.3, -0.25) is 9.59 Å². The van der Waals surface area contributed by atoms with Gasteiger partial charge in [-0.1, -0.05) is 6.07 Å². The summed E-state index contributed by atoms with van der Waals surface area (Å²) in [4.78, 5) is 35.1. The van der Waals surface area contributed by atoms with E-state index < -0.39 is 30.4 Å². The predicted molar refractivity (Wildman–Crippen MR) is 116 cm³/mol. The minimum atomic E-state index is -4.70. The third kappa shape index (κ3) is 5.81. The van der Waals surface area contributed by atoms with Crippen LogP contribution in [0.2, 0.25) is 0 Å². The number of nitrogens with one attached hydrogen (secondary N) is 2. The minimum absolute atomic E-state index is 0.117. The van der Waals surface area contributed by atoms with E-state index >= 15 is 0 Å². The van der Waals surface area contributed by atoms with E-state index in [9.17, 15) is 22.8 Å². The average Bonchev–Trinajstić information content (AvgIpc) is 2.76. The van der Waals surface area contributed by atoms with Gasteiger partial charge in [0.25, 0.3) is 0 Å². The highest BCUT2D eigenvalue weighted by atomic mass is 19.4. The van der Waals surface area contributed by atoms with Gasteiger partial charge in [0.05, 0.1) is 12.5 Å². The summed E-state index contributed by atoms with van der Waals surface area (Å²) in [7, 11) is 0. The normalized spacial score (nSPS) is 20.4. The van der Waals surface area contributed by atoms with Crippen LogP contribution in [0, 0.1) is 11.8 Å². The lowest BCUT2D eigenvalue weighted by Crippen LogP contribution is -2.41. The number of hydrogen-bond donors (Lipinski definition) is 3. The number of halogens is 3. The summed E-state index contributed by atoms with van der Waals surface area (Å²) in [6.45, 7) is 0.935. The Morgan fingerprint density at radius 1 is 1.21 bits per heavy atom. The van der Waals surface area contributed by atoms with Crippen LogP contribution < -0.4 is 10.6 Å². The van der Waals surface area contributed by atoms with E-state index in [-0.39, 0.29) is 17.4 Å². The fourth-order valence-electron chi connectivity index (χ4n) is 4.43. The standard InChI is InChI=1S/C23H26F3N5O3/c24-23(25,26)22-28-11-16(12-29-22)18(10-19(32)33)31-21(34)15-8-13(9-15)3-5-17-6-4-14-2-1-7-27-20(14)30-17/h4,6,11-13,15,18H,1-3,5,7-10H2,(H,27,30)(H,31,34)(H,32,33)/t13?,15?,18-/m0/s1. The molecule has 2 aromatic rings. The third-order valence-corrected chi connectivity index (χ3v) is 6.39. The van der Waals surface area contributed by atoms with Gasteiger partial charge in [0.1, 0.15) is 5.82 Å². The second-order valence-electron chi connectivity index (χ2n) is 8.91. The summed E-state index contributed by atoms with van der Waals surface area (Å²) in [6, 6.07) is 3.17. The van der Waals surface area contributed by atoms with Crippen LogP contribution in [0.15, 0.2) is 24.5 Å². The van der Waals surface area contributed by atoms with E-state index in [0.717, 1.165) is 56.1 Å². The van der Waals surface area contributed by atoms with Crippen molar-refractivity contribution < 1.29 is 27.9 Å². The van der Waals surface area contributed by atoms with Crippen LogP contribution in [0.3, 0.4) is 0 Å². The van der Waals surface area contributed by atoms with Crippen molar-refractivity contribution in [2.24, 2.45) is 11.8 Å². The van der Waals surface area contributed by atoms with E-state index in [1.165, 1.54) is 5.56 Å². The van der Waals surface area contributed by atoms with Gasteiger partial charge in [0.2, 0.25) is 11.7 Å². The quantitative estimate of drug-likeness (QED) is 0.532. The van der Waals surface area contributed by atoms with Crippen molar-refractivity contribution in [3.05, 3.63) is 47.2 Å². The van der Waals surface area contributed by atoms with Gasteiger partial charge in [-0.05, 0) is 56.1 Å². The molecule has 1 aliphatic heterocycles. The molecule has 0 saturated heterocycles. The Kier molecular flexibility index (Phi) is 6.99. The number of fused-ring (bicyclic) bond motifs is 1. The number of hydrogen-bond acceptors (Lipinski definition) is 6. The Hall–Kier alpha value is -3.24. The lowest BCUT2D eigenvalue weighted by atomic mass is 9.72. The summed E-state index contributed by atoms with van der Waals surface area (Å²) >= 11 is 0. The van der Waals surface area contributed by atoms with Gasteiger partial charge in [-0.2, -0.15) is 13.2 Å². The molecule has 3 heterocycles. The molecular formula is C23H26F3N5O3. The molecule has 2 aliphatic rings. The van der Waals surface area contributed by atoms with E-state index in [0.29, 0.717) is 18.8 Å². The number of carbonyl (C=O) groups excluding carboxylic acids is 1. The Bertz CT molecular complexity index is 1040. The summed E-state index contributed by atoms with van der Waals surface area (Å²) in [5, 5.41) is 15.1. The molecular weight excluding hydrogens is 451 g/mol. The molecule has 0 aromatic carbocycles. The number of carboxylic acids is 1. The van der Waals surface area contributed by atoms with Crippen LogP contribution in [0.5, 0.6) is 0 Å². The smallest absolute Gasteiger partial charge is 0.451 e. The lowest BCUT2D eigenvalue weighted by Gasteiger charge is -2.35. The van der Waals surface area contributed by atoms with Crippen molar-refractivity contribution in [2.75, 3.05) is 11.9 Å². The number of aryl methyl sites for hydroxylation is 2. The van der Waals surface area contributed by atoms with Gasteiger partial charge in [-0.15, -0.1) is 0 Å². The first-order valence-corrected chi connectivity index (χ1v) is 11.3. The number of aromatic nitrogens is 3. The van der Waals surface area contributed by atoms with Crippen LogP contribution in [-0.2, 0) is 28.6 Å². The maximum atomic E-state index is 12.7. The monoisotopic (exact) mass is 477 g/mol. The van der Waals surface area contributed by atoms with Crippen molar-refractivity contribution in [2.45, 2.75) is 57.2 Å². The van der Waals surface area contributed by atoms with Gasteiger partial charge in [0.15, 0.2) is 0 Å². The largest absolute Gasteiger partial charge is 0.481 e. The number of amides is 1. The molecule has 0 unspecified atom stereocenters. The summed E-state index contributed by atoms with van der Waals surface area (Å²) in [5.41, 5.74) is 2.38. The molecule has 4 rings (SSSR count). The van der Waals surface area contributed by atoms with Gasteiger partial charge < -0.3 is 15.7 Å². The molecule has 0 bridgehead atoms. The topological polar surface area (TPSA) is 117 Å². The predicted octanol–water partition coefficient (Wildman–Crippen LogP) is 3.54. The Morgan fingerprint density at radius 2 is 1.94 bits per heavy atom. The van der Waals surface area contributed by atoms with Crippen molar-refractivity contribution in [3.8, 4) is 0 Å². The fraction of sp³-hybridized carbons (Fsp3) is 0.522. The summed E-state index contributed by atoms with van der Waals surface area (Å²) in [6.07, 6.45) is 1.87. The highest BCUT2D eigenvalue weighted by molar-refractivity contribution is 5.80. The van der Waals surface area contributed by atoms with Crippen molar-refractivity contribution in [1.29, 1.82) is 0 Å². The van der Waals surface area contributed by atoms with Crippen LogP contribution in [-0.4, -0.2) is 38.5 Å². The number of nitrogens with zero attached hydrogens (tertiary/aromatic N) is 3.